The Balaban J connectivity index is 1.90. The normalized spacial score (nSPS) is 12.3. The van der Waals surface area contributed by atoms with Crippen molar-refractivity contribution < 1.29 is 4.79 Å². The molecule has 1 amide bonds. The van der Waals surface area contributed by atoms with Gasteiger partial charge in [0.05, 0.1) is 11.0 Å². The lowest BCUT2D eigenvalue weighted by Crippen LogP contribution is -2.24. The summed E-state index contributed by atoms with van der Waals surface area (Å²) in [4.78, 5) is 17.0. The summed E-state index contributed by atoms with van der Waals surface area (Å²) in [6.07, 6.45) is 0. The Morgan fingerprint density at radius 2 is 2.00 bits per heavy atom. The van der Waals surface area contributed by atoms with Gasteiger partial charge in [-0.05, 0) is 44.2 Å². The number of carbonyl (C=O) groups is 1. The molecule has 3 N–H and O–H groups in total. The van der Waals surface area contributed by atoms with Crippen molar-refractivity contribution in [3.8, 4) is 0 Å². The summed E-state index contributed by atoms with van der Waals surface area (Å²) in [5.41, 5.74) is 8.90. The zero-order valence-electron chi connectivity index (χ0n) is 12.6. The van der Waals surface area contributed by atoms with E-state index < -0.39 is 0 Å². The van der Waals surface area contributed by atoms with E-state index in [9.17, 15) is 4.79 Å². The lowest BCUT2D eigenvalue weighted by Gasteiger charge is -2.16. The molecule has 5 heteroatoms. The predicted molar refractivity (Wildman–Crippen MR) is 88.7 cm³/mol. The van der Waals surface area contributed by atoms with Crippen molar-refractivity contribution >= 4 is 28.3 Å². The van der Waals surface area contributed by atoms with Crippen LogP contribution in [0.25, 0.3) is 11.0 Å². The molecule has 0 spiro atoms. The second kappa shape index (κ2) is 5.52. The first-order valence-corrected chi connectivity index (χ1v) is 7.16. The number of hydrogen-bond donors (Lipinski definition) is 2. The minimum absolute atomic E-state index is 0.100. The van der Waals surface area contributed by atoms with E-state index >= 15 is 0 Å². The molecule has 0 aliphatic heterocycles. The van der Waals surface area contributed by atoms with Gasteiger partial charge in [-0.2, -0.15) is 0 Å². The number of aryl methyl sites for hydroxylation is 1. The zero-order chi connectivity index (χ0) is 15.7. The van der Waals surface area contributed by atoms with Crippen LogP contribution in [0.1, 0.15) is 18.8 Å². The molecule has 1 heterocycles. The summed E-state index contributed by atoms with van der Waals surface area (Å²) >= 11 is 0. The average Bonchev–Trinajstić information content (AvgIpc) is 2.82. The summed E-state index contributed by atoms with van der Waals surface area (Å²) in [5, 5.41) is 2.90. The third-order valence-corrected chi connectivity index (χ3v) is 3.69. The molecule has 0 radical (unpaired) electrons. The number of fused-ring (bicyclic) bond motifs is 1. The van der Waals surface area contributed by atoms with E-state index in [1.165, 1.54) is 0 Å². The Labute approximate surface area is 128 Å². The van der Waals surface area contributed by atoms with Crippen molar-refractivity contribution in [1.82, 2.24) is 9.55 Å². The number of imidazole rings is 1. The molecule has 1 aromatic heterocycles. The van der Waals surface area contributed by atoms with Crippen LogP contribution in [0.15, 0.2) is 48.5 Å². The second-order valence-corrected chi connectivity index (χ2v) is 5.31. The number of amides is 1. The van der Waals surface area contributed by atoms with Crippen LogP contribution >= 0.6 is 0 Å². The molecule has 3 rings (SSSR count). The van der Waals surface area contributed by atoms with Gasteiger partial charge in [-0.15, -0.1) is 0 Å². The first kappa shape index (κ1) is 14.1. The highest BCUT2D eigenvalue weighted by molar-refractivity contribution is 5.95. The van der Waals surface area contributed by atoms with Gasteiger partial charge in [0.2, 0.25) is 5.91 Å². The van der Waals surface area contributed by atoms with Crippen LogP contribution in [0, 0.1) is 6.92 Å². The number of nitrogens with zero attached hydrogens (tertiary/aromatic N) is 2. The number of benzene rings is 2. The topological polar surface area (TPSA) is 72.9 Å². The number of hydrogen-bond acceptors (Lipinski definition) is 3. The van der Waals surface area contributed by atoms with Gasteiger partial charge in [-0.3, -0.25) is 4.79 Å². The first-order chi connectivity index (χ1) is 10.6. The quantitative estimate of drug-likeness (QED) is 0.729. The highest BCUT2D eigenvalue weighted by Crippen LogP contribution is 2.22. The van der Waals surface area contributed by atoms with Crippen LogP contribution in [0.3, 0.4) is 0 Å². The van der Waals surface area contributed by atoms with Crippen molar-refractivity contribution in [2.45, 2.75) is 19.9 Å². The molecule has 5 nitrogen and oxygen atoms in total. The van der Waals surface area contributed by atoms with Gasteiger partial charge >= 0.3 is 0 Å². The van der Waals surface area contributed by atoms with E-state index in [0.29, 0.717) is 11.4 Å². The summed E-state index contributed by atoms with van der Waals surface area (Å²) in [6, 6.07) is 14.6. The minimum atomic E-state index is -0.367. The fourth-order valence-electron chi connectivity index (χ4n) is 2.63. The molecule has 2 aromatic carbocycles. The van der Waals surface area contributed by atoms with E-state index in [2.05, 4.69) is 10.3 Å². The van der Waals surface area contributed by atoms with E-state index in [4.69, 9.17) is 5.73 Å². The summed E-state index contributed by atoms with van der Waals surface area (Å²) < 4.78 is 1.94. The summed E-state index contributed by atoms with van der Waals surface area (Å²) in [6.45, 7) is 3.77. The van der Waals surface area contributed by atoms with Crippen LogP contribution in [0.4, 0.5) is 11.4 Å². The molecule has 112 valence electrons. The molecule has 1 atom stereocenters. The molecule has 22 heavy (non-hydrogen) atoms. The maximum absolute atomic E-state index is 12.5. The number of nitrogens with one attached hydrogen (secondary N) is 1. The van der Waals surface area contributed by atoms with Crippen LogP contribution < -0.4 is 11.1 Å². The fraction of sp³-hybridized carbons (Fsp3) is 0.176. The third kappa shape index (κ3) is 2.53. The Hall–Kier alpha value is -2.82. The first-order valence-electron chi connectivity index (χ1n) is 7.16. The van der Waals surface area contributed by atoms with Crippen LogP contribution in [-0.2, 0) is 4.79 Å². The van der Waals surface area contributed by atoms with Crippen LogP contribution in [0.2, 0.25) is 0 Å². The van der Waals surface area contributed by atoms with Crippen molar-refractivity contribution in [2.75, 3.05) is 11.1 Å². The maximum Gasteiger partial charge on any atom is 0.247 e. The van der Waals surface area contributed by atoms with Gasteiger partial charge in [0, 0.05) is 11.4 Å². The number of rotatable bonds is 3. The molecule has 0 aliphatic rings. The number of para-hydroxylation sites is 2. The van der Waals surface area contributed by atoms with Crippen molar-refractivity contribution in [3.63, 3.8) is 0 Å². The van der Waals surface area contributed by atoms with Gasteiger partial charge in [-0.25, -0.2) is 4.98 Å². The maximum atomic E-state index is 12.5. The number of nitrogens with two attached hydrogens (primary N) is 1. The van der Waals surface area contributed by atoms with Gasteiger partial charge in [0.25, 0.3) is 0 Å². The van der Waals surface area contributed by atoms with Gasteiger partial charge < -0.3 is 15.6 Å². The van der Waals surface area contributed by atoms with Crippen molar-refractivity contribution in [3.05, 3.63) is 54.4 Å². The molecule has 0 fully saturated rings. The Bertz CT molecular complexity index is 838. The minimum Gasteiger partial charge on any atom is -0.399 e. The Morgan fingerprint density at radius 1 is 1.23 bits per heavy atom. The molecule has 0 bridgehead atoms. The van der Waals surface area contributed by atoms with Crippen molar-refractivity contribution in [2.24, 2.45) is 0 Å². The lowest BCUT2D eigenvalue weighted by molar-refractivity contribution is -0.118. The highest BCUT2D eigenvalue weighted by Gasteiger charge is 2.19. The summed E-state index contributed by atoms with van der Waals surface area (Å²) in [5.74, 6) is 0.716. The third-order valence-electron chi connectivity index (χ3n) is 3.69. The molecular formula is C17H18N4O. The van der Waals surface area contributed by atoms with Crippen LogP contribution in [0.5, 0.6) is 0 Å². The van der Waals surface area contributed by atoms with Crippen molar-refractivity contribution in [1.29, 1.82) is 0 Å². The lowest BCUT2D eigenvalue weighted by atomic mass is 10.2. The number of nitrogen functional groups attached to an aromatic ring is 1. The standard InChI is InChI=1S/C17H18N4O/c1-11(17(22)20-14-7-5-6-13(18)10-14)21-12(2)19-15-8-3-4-9-16(15)21/h3-11H,18H2,1-2H3,(H,20,22). The Morgan fingerprint density at radius 3 is 2.77 bits per heavy atom. The van der Waals surface area contributed by atoms with E-state index in [1.807, 2.05) is 54.8 Å². The predicted octanol–water partition coefficient (Wildman–Crippen LogP) is 3.13. The molecule has 0 aliphatic carbocycles. The van der Waals surface area contributed by atoms with Gasteiger partial charge in [0.15, 0.2) is 0 Å². The number of aromatic nitrogens is 2. The van der Waals surface area contributed by atoms with Crippen LogP contribution in [-0.4, -0.2) is 15.5 Å². The monoisotopic (exact) mass is 294 g/mol. The molecule has 1 unspecified atom stereocenters. The number of anilines is 2. The van der Waals surface area contributed by atoms with Gasteiger partial charge in [0.1, 0.15) is 11.9 Å². The number of carbonyl (C=O) groups excluding carboxylic acids is 1. The summed E-state index contributed by atoms with van der Waals surface area (Å²) in [7, 11) is 0. The zero-order valence-corrected chi connectivity index (χ0v) is 12.6. The SMILES string of the molecule is Cc1nc2ccccc2n1C(C)C(=O)Nc1cccc(N)c1. The fourth-order valence-corrected chi connectivity index (χ4v) is 2.63. The van der Waals surface area contributed by atoms with Gasteiger partial charge in [-0.1, -0.05) is 18.2 Å². The molecular weight excluding hydrogens is 276 g/mol. The highest BCUT2D eigenvalue weighted by atomic mass is 16.2. The van der Waals surface area contributed by atoms with E-state index in [0.717, 1.165) is 16.9 Å². The largest absolute Gasteiger partial charge is 0.399 e. The molecule has 0 saturated heterocycles. The molecule has 3 aromatic rings. The second-order valence-electron chi connectivity index (χ2n) is 5.31. The van der Waals surface area contributed by atoms with E-state index in [-0.39, 0.29) is 11.9 Å². The smallest absolute Gasteiger partial charge is 0.247 e. The van der Waals surface area contributed by atoms with E-state index in [1.54, 1.807) is 12.1 Å². The molecule has 0 saturated carbocycles. The Kier molecular flexibility index (Phi) is 3.55. The average molecular weight is 294 g/mol.